The molecule has 6 rings (SSSR count). The quantitative estimate of drug-likeness (QED) is 0.384. The van der Waals surface area contributed by atoms with Crippen molar-refractivity contribution in [3.63, 3.8) is 0 Å². The molecule has 7 nitrogen and oxygen atoms in total. The Balaban J connectivity index is 1.26. The van der Waals surface area contributed by atoms with Gasteiger partial charge in [0.05, 0.1) is 17.0 Å². The van der Waals surface area contributed by atoms with Crippen molar-refractivity contribution in [2.75, 3.05) is 26.2 Å². The van der Waals surface area contributed by atoms with Gasteiger partial charge in [0, 0.05) is 30.8 Å². The smallest absolute Gasteiger partial charge is 0.410 e. The Morgan fingerprint density at radius 2 is 1.64 bits per heavy atom. The third-order valence-corrected chi connectivity index (χ3v) is 11.3. The first-order valence-electron chi connectivity index (χ1n) is 15.1. The van der Waals surface area contributed by atoms with Crippen LogP contribution in [0.5, 0.6) is 0 Å². The second-order valence-corrected chi connectivity index (χ2v) is 14.0. The fraction of sp³-hybridized carbons (Fsp3) is 0.531. The summed E-state index contributed by atoms with van der Waals surface area (Å²) in [4.78, 5) is 17.9. The van der Waals surface area contributed by atoms with Gasteiger partial charge in [0.2, 0.25) is 10.0 Å². The van der Waals surface area contributed by atoms with Crippen LogP contribution < -0.4 is 0 Å². The molecule has 226 valence electrons. The standard InChI is InChI=1S/C32H39F2N3O4S/c1-23-8-11-26(12-9-23)42(39,40)37-29(27-13-10-24(33)22-28(27)34)6-5-7-30(37)32(16-17-32)41-31(38)36-20-14-25(15-21-36)35-18-3-2-4-19-35/h5-6,8-13,22,25,29-30H,2-4,7,14-21H2,1H3/t29-,30?/m0/s1. The molecule has 1 saturated carbocycles. The number of hydrogen-bond donors (Lipinski definition) is 0. The fourth-order valence-electron chi connectivity index (χ4n) is 6.86. The summed E-state index contributed by atoms with van der Waals surface area (Å²) >= 11 is 0. The number of hydrogen-bond acceptors (Lipinski definition) is 5. The van der Waals surface area contributed by atoms with Crippen LogP contribution in [0.1, 0.15) is 68.5 Å². The summed E-state index contributed by atoms with van der Waals surface area (Å²) < 4.78 is 64.9. The van der Waals surface area contributed by atoms with Gasteiger partial charge in [0.15, 0.2) is 0 Å². The van der Waals surface area contributed by atoms with Crippen molar-refractivity contribution >= 4 is 16.1 Å². The van der Waals surface area contributed by atoms with Gasteiger partial charge in [-0.1, -0.05) is 42.3 Å². The summed E-state index contributed by atoms with van der Waals surface area (Å²) in [6.45, 7) is 5.32. The predicted octanol–water partition coefficient (Wildman–Crippen LogP) is 5.95. The Morgan fingerprint density at radius 1 is 0.952 bits per heavy atom. The number of ether oxygens (including phenoxy) is 1. The summed E-state index contributed by atoms with van der Waals surface area (Å²) in [7, 11) is -4.16. The number of aryl methyl sites for hydroxylation is 1. The molecule has 10 heteroatoms. The van der Waals surface area contributed by atoms with Crippen molar-refractivity contribution in [1.82, 2.24) is 14.1 Å². The summed E-state index contributed by atoms with van der Waals surface area (Å²) in [6, 6.07) is 8.42. The van der Waals surface area contributed by atoms with Gasteiger partial charge in [-0.05, 0) is 83.2 Å². The minimum Gasteiger partial charge on any atom is -0.441 e. The summed E-state index contributed by atoms with van der Waals surface area (Å²) in [5, 5.41) is 0. The van der Waals surface area contributed by atoms with Gasteiger partial charge < -0.3 is 14.5 Å². The normalized spacial score (nSPS) is 25.4. The summed E-state index contributed by atoms with van der Waals surface area (Å²) in [6.07, 6.45) is 9.91. The second kappa shape index (κ2) is 11.7. The molecule has 1 amide bonds. The molecule has 3 heterocycles. The van der Waals surface area contributed by atoms with Gasteiger partial charge in [-0.15, -0.1) is 0 Å². The van der Waals surface area contributed by atoms with Gasteiger partial charge in [-0.3, -0.25) is 0 Å². The summed E-state index contributed by atoms with van der Waals surface area (Å²) in [5.74, 6) is -1.56. The number of carbonyl (C=O) groups is 1. The summed E-state index contributed by atoms with van der Waals surface area (Å²) in [5.41, 5.74) is -0.0604. The maximum absolute atomic E-state index is 15.1. The number of halogens is 2. The molecule has 42 heavy (non-hydrogen) atoms. The van der Waals surface area contributed by atoms with Gasteiger partial charge in [0.25, 0.3) is 0 Å². The van der Waals surface area contributed by atoms with Gasteiger partial charge in [-0.25, -0.2) is 22.0 Å². The lowest BCUT2D eigenvalue weighted by molar-refractivity contribution is -0.00148. The Bertz CT molecular complexity index is 1430. The van der Waals surface area contributed by atoms with Crippen LogP contribution in [0.15, 0.2) is 59.5 Å². The minimum absolute atomic E-state index is 0.0509. The van der Waals surface area contributed by atoms with E-state index in [4.69, 9.17) is 4.74 Å². The average Bonchev–Trinajstić information content (AvgIpc) is 3.78. The number of sulfonamides is 1. The van der Waals surface area contributed by atoms with Crippen molar-refractivity contribution < 1.29 is 26.7 Å². The largest absolute Gasteiger partial charge is 0.441 e. The van der Waals surface area contributed by atoms with Gasteiger partial charge >= 0.3 is 6.09 Å². The molecular formula is C32H39F2N3O4S. The molecule has 0 bridgehead atoms. The average molecular weight is 600 g/mol. The van der Waals surface area contributed by atoms with Crippen LogP contribution in [0.2, 0.25) is 0 Å². The number of nitrogens with zero attached hydrogens (tertiary/aromatic N) is 3. The lowest BCUT2D eigenvalue weighted by Gasteiger charge is -2.43. The van der Waals surface area contributed by atoms with Gasteiger partial charge in [-0.2, -0.15) is 4.31 Å². The topological polar surface area (TPSA) is 70.2 Å². The van der Waals surface area contributed by atoms with Crippen molar-refractivity contribution in [2.24, 2.45) is 0 Å². The zero-order valence-corrected chi connectivity index (χ0v) is 24.9. The lowest BCUT2D eigenvalue weighted by atomic mass is 9.95. The van der Waals surface area contributed by atoms with E-state index in [9.17, 15) is 17.6 Å². The highest BCUT2D eigenvalue weighted by Crippen LogP contribution is 2.51. The highest BCUT2D eigenvalue weighted by Gasteiger charge is 2.59. The van der Waals surface area contributed by atoms with E-state index < -0.39 is 45.4 Å². The van der Waals surface area contributed by atoms with Crippen LogP contribution in [-0.4, -0.2) is 72.5 Å². The molecule has 2 aromatic rings. The number of likely N-dealkylation sites (tertiary alicyclic amines) is 2. The van der Waals surface area contributed by atoms with Crippen LogP contribution >= 0.6 is 0 Å². The van der Waals surface area contributed by atoms with Crippen LogP contribution in [0.3, 0.4) is 0 Å². The number of benzene rings is 2. The third kappa shape index (κ3) is 5.73. The van der Waals surface area contributed by atoms with Crippen LogP contribution in [0, 0.1) is 18.6 Å². The Labute approximate surface area is 247 Å². The van der Waals surface area contributed by atoms with E-state index in [1.165, 1.54) is 41.8 Å². The second-order valence-electron chi connectivity index (χ2n) is 12.2. The molecule has 3 aliphatic heterocycles. The molecule has 1 aliphatic carbocycles. The first kappa shape index (κ1) is 29.3. The van der Waals surface area contributed by atoms with E-state index in [1.807, 2.05) is 13.0 Å². The van der Waals surface area contributed by atoms with Gasteiger partial charge in [0.1, 0.15) is 17.2 Å². The molecule has 2 aromatic carbocycles. The maximum Gasteiger partial charge on any atom is 0.410 e. The number of amides is 1. The maximum atomic E-state index is 15.1. The molecule has 0 spiro atoms. The molecule has 2 saturated heterocycles. The first-order chi connectivity index (χ1) is 20.2. The van der Waals surface area contributed by atoms with Crippen molar-refractivity contribution in [1.29, 1.82) is 0 Å². The van der Waals surface area contributed by atoms with Crippen molar-refractivity contribution in [3.05, 3.63) is 77.4 Å². The predicted molar refractivity (Wildman–Crippen MR) is 155 cm³/mol. The van der Waals surface area contributed by atoms with E-state index in [-0.39, 0.29) is 10.5 Å². The van der Waals surface area contributed by atoms with Crippen molar-refractivity contribution in [2.45, 2.75) is 86.9 Å². The minimum atomic E-state index is -4.16. The van der Waals surface area contributed by atoms with E-state index in [2.05, 4.69) is 4.90 Å². The molecule has 0 N–H and O–H groups in total. The lowest BCUT2D eigenvalue weighted by Crippen LogP contribution is -2.54. The molecule has 1 unspecified atom stereocenters. The van der Waals surface area contributed by atoms with E-state index in [0.29, 0.717) is 38.4 Å². The van der Waals surface area contributed by atoms with Crippen LogP contribution in [0.4, 0.5) is 13.6 Å². The highest BCUT2D eigenvalue weighted by molar-refractivity contribution is 7.89. The SMILES string of the molecule is Cc1ccc(S(=O)(=O)N2C(C3(OC(=O)N4CCC(N5CCCCC5)CC4)CC3)CC=C[C@H]2c2ccc(F)cc2F)cc1. The van der Waals surface area contributed by atoms with E-state index >= 15 is 4.39 Å². The van der Waals surface area contributed by atoms with E-state index in [0.717, 1.165) is 43.6 Å². The molecule has 4 aliphatic rings. The third-order valence-electron chi connectivity index (χ3n) is 9.41. The van der Waals surface area contributed by atoms with E-state index in [1.54, 1.807) is 23.1 Å². The Morgan fingerprint density at radius 3 is 2.29 bits per heavy atom. The number of carbonyl (C=O) groups excluding carboxylic acids is 1. The monoisotopic (exact) mass is 599 g/mol. The highest BCUT2D eigenvalue weighted by atomic mass is 32.2. The molecule has 3 fully saturated rings. The fourth-order valence-corrected chi connectivity index (χ4v) is 8.68. The molecule has 2 atom stereocenters. The molecule has 0 radical (unpaired) electrons. The number of rotatable bonds is 6. The zero-order valence-electron chi connectivity index (χ0n) is 24.1. The zero-order chi connectivity index (χ0) is 29.5. The molecular weight excluding hydrogens is 560 g/mol. The first-order valence-corrected chi connectivity index (χ1v) is 16.6. The Hall–Kier alpha value is -2.82. The van der Waals surface area contributed by atoms with Crippen LogP contribution in [-0.2, 0) is 14.8 Å². The molecule has 0 aromatic heterocycles. The Kier molecular flexibility index (Phi) is 8.15. The van der Waals surface area contributed by atoms with Crippen molar-refractivity contribution in [3.8, 4) is 0 Å². The number of piperidine rings is 2. The van der Waals surface area contributed by atoms with Crippen LogP contribution in [0.25, 0.3) is 0 Å².